The Kier molecular flexibility index (Phi) is 3.21. The Morgan fingerprint density at radius 1 is 1.62 bits per heavy atom. The number of aliphatic hydroxyl groups excluding tert-OH is 1. The smallest absolute Gasteiger partial charge is 0.221 e. The van der Waals surface area contributed by atoms with E-state index in [0.717, 1.165) is 12.4 Å². The second-order valence-corrected chi connectivity index (χ2v) is 3.93. The van der Waals surface area contributed by atoms with Crippen LogP contribution in [-0.4, -0.2) is 47.0 Å². The molecule has 1 aromatic heterocycles. The van der Waals surface area contributed by atoms with Crippen molar-refractivity contribution in [3.63, 3.8) is 0 Å². The van der Waals surface area contributed by atoms with E-state index in [1.807, 2.05) is 17.9 Å². The Hall–Kier alpha value is -1.40. The highest BCUT2D eigenvalue weighted by molar-refractivity contribution is 5.41. The molecule has 0 amide bonds. The summed E-state index contributed by atoms with van der Waals surface area (Å²) in [5, 5.41) is 9.12. The molecule has 0 saturated carbocycles. The molecule has 1 aliphatic rings. The molecule has 0 spiro atoms. The fourth-order valence-electron chi connectivity index (χ4n) is 1.87. The van der Waals surface area contributed by atoms with Crippen LogP contribution in [0.3, 0.4) is 0 Å². The largest absolute Gasteiger partial charge is 0.394 e. The number of aromatic nitrogens is 2. The van der Waals surface area contributed by atoms with Crippen LogP contribution in [-0.2, 0) is 4.74 Å². The number of aliphatic hydroxyl groups is 1. The summed E-state index contributed by atoms with van der Waals surface area (Å²) in [6.07, 6.45) is 1.54. The van der Waals surface area contributed by atoms with Crippen LogP contribution >= 0.6 is 0 Å². The highest BCUT2D eigenvalue weighted by Gasteiger charge is 2.25. The number of anilines is 2. The van der Waals surface area contributed by atoms with Gasteiger partial charge in [-0.3, -0.25) is 0 Å². The summed E-state index contributed by atoms with van der Waals surface area (Å²) >= 11 is 0. The van der Waals surface area contributed by atoms with Crippen molar-refractivity contribution >= 4 is 11.8 Å². The van der Waals surface area contributed by atoms with Crippen molar-refractivity contribution in [1.82, 2.24) is 9.97 Å². The van der Waals surface area contributed by atoms with Crippen LogP contribution in [0.25, 0.3) is 0 Å². The van der Waals surface area contributed by atoms with Crippen LogP contribution in [0.15, 0.2) is 12.3 Å². The van der Waals surface area contributed by atoms with Gasteiger partial charge in [0.05, 0.1) is 18.8 Å². The van der Waals surface area contributed by atoms with Crippen LogP contribution < -0.4 is 10.6 Å². The van der Waals surface area contributed by atoms with Gasteiger partial charge in [0.2, 0.25) is 5.95 Å². The Bertz CT molecular complexity index is 360. The lowest BCUT2D eigenvalue weighted by molar-refractivity contribution is -0.0423. The molecule has 1 aliphatic heterocycles. The predicted molar refractivity (Wildman–Crippen MR) is 60.1 cm³/mol. The van der Waals surface area contributed by atoms with Crippen molar-refractivity contribution in [2.45, 2.75) is 19.1 Å². The number of morpholine rings is 1. The molecule has 88 valence electrons. The number of rotatable bonds is 2. The van der Waals surface area contributed by atoms with Crippen molar-refractivity contribution < 1.29 is 9.84 Å². The fraction of sp³-hybridized carbons (Fsp3) is 0.600. The highest BCUT2D eigenvalue weighted by Crippen LogP contribution is 2.18. The molecule has 0 radical (unpaired) electrons. The van der Waals surface area contributed by atoms with Crippen LogP contribution in [0, 0.1) is 0 Å². The van der Waals surface area contributed by atoms with Gasteiger partial charge in [0.15, 0.2) is 0 Å². The minimum absolute atomic E-state index is 0.0153. The summed E-state index contributed by atoms with van der Waals surface area (Å²) in [5.41, 5.74) is 5.54. The normalized spacial score (nSPS) is 25.8. The molecule has 2 atom stereocenters. The van der Waals surface area contributed by atoms with Gasteiger partial charge in [-0.15, -0.1) is 0 Å². The van der Waals surface area contributed by atoms with Crippen molar-refractivity contribution in [2.24, 2.45) is 0 Å². The summed E-state index contributed by atoms with van der Waals surface area (Å²) in [5.74, 6) is 1.04. The molecule has 16 heavy (non-hydrogen) atoms. The van der Waals surface area contributed by atoms with E-state index in [-0.39, 0.29) is 24.8 Å². The first kappa shape index (κ1) is 11.1. The van der Waals surface area contributed by atoms with E-state index in [0.29, 0.717) is 6.54 Å². The summed E-state index contributed by atoms with van der Waals surface area (Å²) in [4.78, 5) is 10.1. The van der Waals surface area contributed by atoms with Gasteiger partial charge in [0.1, 0.15) is 5.82 Å². The zero-order valence-electron chi connectivity index (χ0n) is 9.21. The Balaban J connectivity index is 2.14. The van der Waals surface area contributed by atoms with Gasteiger partial charge < -0.3 is 20.5 Å². The molecule has 6 heteroatoms. The van der Waals surface area contributed by atoms with Gasteiger partial charge in [-0.05, 0) is 13.0 Å². The molecule has 2 heterocycles. The quantitative estimate of drug-likeness (QED) is 0.714. The monoisotopic (exact) mass is 224 g/mol. The third-order valence-electron chi connectivity index (χ3n) is 2.51. The van der Waals surface area contributed by atoms with Crippen molar-refractivity contribution in [3.05, 3.63) is 12.3 Å². The molecule has 1 fully saturated rings. The molecule has 0 aliphatic carbocycles. The van der Waals surface area contributed by atoms with Crippen molar-refractivity contribution in [2.75, 3.05) is 30.3 Å². The van der Waals surface area contributed by atoms with E-state index in [9.17, 15) is 0 Å². The molecule has 0 aromatic carbocycles. The second kappa shape index (κ2) is 4.63. The lowest BCUT2D eigenvalue weighted by Gasteiger charge is -2.36. The number of hydrogen-bond donors (Lipinski definition) is 2. The van der Waals surface area contributed by atoms with E-state index in [1.165, 1.54) is 0 Å². The lowest BCUT2D eigenvalue weighted by Crippen LogP contribution is -2.48. The topological polar surface area (TPSA) is 84.5 Å². The van der Waals surface area contributed by atoms with Crippen LogP contribution in [0.5, 0.6) is 0 Å². The maximum atomic E-state index is 9.12. The van der Waals surface area contributed by atoms with E-state index >= 15 is 0 Å². The lowest BCUT2D eigenvalue weighted by atomic mass is 10.2. The Morgan fingerprint density at radius 2 is 2.44 bits per heavy atom. The highest BCUT2D eigenvalue weighted by atomic mass is 16.5. The van der Waals surface area contributed by atoms with Crippen LogP contribution in [0.1, 0.15) is 6.92 Å². The molecule has 2 rings (SSSR count). The minimum Gasteiger partial charge on any atom is -0.394 e. The zero-order chi connectivity index (χ0) is 11.5. The summed E-state index contributed by atoms with van der Waals surface area (Å²) < 4.78 is 5.55. The summed E-state index contributed by atoms with van der Waals surface area (Å²) in [6.45, 7) is 3.35. The molecule has 0 bridgehead atoms. The first-order chi connectivity index (χ1) is 7.69. The van der Waals surface area contributed by atoms with Crippen molar-refractivity contribution in [3.8, 4) is 0 Å². The van der Waals surface area contributed by atoms with E-state index in [2.05, 4.69) is 9.97 Å². The van der Waals surface area contributed by atoms with Crippen LogP contribution in [0.4, 0.5) is 11.8 Å². The number of ether oxygens (including phenoxy) is 1. The number of hydrogen-bond acceptors (Lipinski definition) is 6. The Labute approximate surface area is 94.1 Å². The number of nitrogens with zero attached hydrogens (tertiary/aromatic N) is 3. The molecule has 3 N–H and O–H groups in total. The maximum Gasteiger partial charge on any atom is 0.221 e. The number of nitrogens with two attached hydrogens (primary N) is 1. The SMILES string of the molecule is CC1CN(c2ccnc(N)n2)CC(CO)O1. The molecule has 6 nitrogen and oxygen atoms in total. The number of nitrogen functional groups attached to an aromatic ring is 1. The molecule has 1 saturated heterocycles. The maximum absolute atomic E-state index is 9.12. The van der Waals surface area contributed by atoms with Crippen LogP contribution in [0.2, 0.25) is 0 Å². The van der Waals surface area contributed by atoms with Gasteiger partial charge >= 0.3 is 0 Å². The molecular weight excluding hydrogens is 208 g/mol. The molecule has 1 aromatic rings. The average molecular weight is 224 g/mol. The molecular formula is C10H16N4O2. The predicted octanol–water partition coefficient (Wildman–Crippen LogP) is -0.355. The Morgan fingerprint density at radius 3 is 3.12 bits per heavy atom. The average Bonchev–Trinajstić information content (AvgIpc) is 2.28. The summed E-state index contributed by atoms with van der Waals surface area (Å²) in [6, 6.07) is 1.81. The minimum atomic E-state index is -0.167. The third kappa shape index (κ3) is 2.40. The molecule has 2 unspecified atom stereocenters. The van der Waals surface area contributed by atoms with E-state index in [4.69, 9.17) is 15.6 Å². The second-order valence-electron chi connectivity index (χ2n) is 3.93. The van der Waals surface area contributed by atoms with Gasteiger partial charge in [-0.1, -0.05) is 0 Å². The standard InChI is InChI=1S/C10H16N4O2/c1-7-4-14(5-8(6-15)16-7)9-2-3-12-10(11)13-9/h2-3,7-8,15H,4-6H2,1H3,(H2,11,12,13). The fourth-order valence-corrected chi connectivity index (χ4v) is 1.87. The van der Waals surface area contributed by atoms with Gasteiger partial charge in [0.25, 0.3) is 0 Å². The van der Waals surface area contributed by atoms with E-state index < -0.39 is 0 Å². The van der Waals surface area contributed by atoms with Gasteiger partial charge in [0, 0.05) is 19.3 Å². The van der Waals surface area contributed by atoms with Gasteiger partial charge in [-0.2, -0.15) is 4.98 Å². The van der Waals surface area contributed by atoms with Gasteiger partial charge in [-0.25, -0.2) is 4.98 Å². The summed E-state index contributed by atoms with van der Waals surface area (Å²) in [7, 11) is 0. The third-order valence-corrected chi connectivity index (χ3v) is 2.51. The first-order valence-electron chi connectivity index (χ1n) is 5.29. The van der Waals surface area contributed by atoms with E-state index in [1.54, 1.807) is 6.20 Å². The first-order valence-corrected chi connectivity index (χ1v) is 5.29. The zero-order valence-corrected chi connectivity index (χ0v) is 9.21. The van der Waals surface area contributed by atoms with Crippen molar-refractivity contribution in [1.29, 1.82) is 0 Å².